The van der Waals surface area contributed by atoms with Gasteiger partial charge in [0.05, 0.1) is 17.1 Å². The summed E-state index contributed by atoms with van der Waals surface area (Å²) >= 11 is 0. The van der Waals surface area contributed by atoms with E-state index in [4.69, 9.17) is 0 Å². The van der Waals surface area contributed by atoms with E-state index >= 15 is 0 Å². The molecule has 0 saturated carbocycles. The standard InChI is InChI=1S/C17H9F5N8O/c18-9-1-3-10(4-2-9)30-15(17(20,21)22)14(25-27-30)16(31)24-13-7-11(5-6-12(13)19)29-8-23-26-28-29/h1-8H,(H,24,31). The highest BCUT2D eigenvalue weighted by molar-refractivity contribution is 6.04. The summed E-state index contributed by atoms with van der Waals surface area (Å²) in [5.41, 5.74) is -2.96. The minimum Gasteiger partial charge on any atom is -0.318 e. The fourth-order valence-corrected chi connectivity index (χ4v) is 2.66. The van der Waals surface area contributed by atoms with Gasteiger partial charge in [-0.3, -0.25) is 4.79 Å². The van der Waals surface area contributed by atoms with Gasteiger partial charge in [-0.25, -0.2) is 18.1 Å². The second-order valence-electron chi connectivity index (χ2n) is 6.05. The van der Waals surface area contributed by atoms with Crippen LogP contribution in [0.1, 0.15) is 16.2 Å². The molecule has 4 rings (SSSR count). The third-order valence-corrected chi connectivity index (χ3v) is 4.04. The Morgan fingerprint density at radius 3 is 2.32 bits per heavy atom. The molecule has 0 atom stereocenters. The number of hydrogen-bond acceptors (Lipinski definition) is 6. The van der Waals surface area contributed by atoms with E-state index in [9.17, 15) is 26.7 Å². The molecule has 0 aliphatic rings. The number of hydrogen-bond donors (Lipinski definition) is 1. The largest absolute Gasteiger partial charge is 0.435 e. The Hall–Kier alpha value is -4.23. The van der Waals surface area contributed by atoms with E-state index in [1.807, 2.05) is 5.32 Å². The van der Waals surface area contributed by atoms with Gasteiger partial charge in [0.2, 0.25) is 0 Å². The van der Waals surface area contributed by atoms with Gasteiger partial charge in [-0.15, -0.1) is 10.2 Å². The number of carbonyl (C=O) groups excluding carboxylic acids is 1. The highest BCUT2D eigenvalue weighted by Crippen LogP contribution is 2.33. The van der Waals surface area contributed by atoms with Crippen molar-refractivity contribution in [1.82, 2.24) is 35.2 Å². The first-order valence-corrected chi connectivity index (χ1v) is 8.37. The Bertz CT molecular complexity index is 1230. The molecule has 0 saturated heterocycles. The molecule has 4 aromatic rings. The molecule has 2 heterocycles. The van der Waals surface area contributed by atoms with Crippen LogP contribution in [0.4, 0.5) is 27.6 Å². The number of tetrazole rings is 1. The Balaban J connectivity index is 1.71. The first-order chi connectivity index (χ1) is 14.7. The molecule has 1 amide bonds. The van der Waals surface area contributed by atoms with Gasteiger partial charge in [0.1, 0.15) is 18.0 Å². The van der Waals surface area contributed by atoms with Crippen LogP contribution in [0, 0.1) is 11.6 Å². The molecule has 0 unspecified atom stereocenters. The molecule has 31 heavy (non-hydrogen) atoms. The van der Waals surface area contributed by atoms with Crippen LogP contribution < -0.4 is 5.32 Å². The summed E-state index contributed by atoms with van der Waals surface area (Å²) < 4.78 is 69.8. The molecule has 0 aliphatic carbocycles. The van der Waals surface area contributed by atoms with E-state index in [1.54, 1.807) is 0 Å². The minimum atomic E-state index is -5.04. The third-order valence-electron chi connectivity index (χ3n) is 4.04. The molecule has 2 aromatic heterocycles. The molecule has 14 heteroatoms. The van der Waals surface area contributed by atoms with Crippen LogP contribution in [0.2, 0.25) is 0 Å². The number of alkyl halides is 3. The van der Waals surface area contributed by atoms with Gasteiger partial charge in [-0.05, 0) is 52.9 Å². The normalized spacial score (nSPS) is 11.5. The van der Waals surface area contributed by atoms with Gasteiger partial charge >= 0.3 is 6.18 Å². The first kappa shape index (κ1) is 20.1. The fraction of sp³-hybridized carbons (Fsp3) is 0.0588. The second kappa shape index (κ2) is 7.55. The van der Waals surface area contributed by atoms with Crippen molar-refractivity contribution in [2.75, 3.05) is 5.32 Å². The lowest BCUT2D eigenvalue weighted by molar-refractivity contribution is -0.143. The van der Waals surface area contributed by atoms with Crippen LogP contribution in [-0.4, -0.2) is 41.1 Å². The van der Waals surface area contributed by atoms with Gasteiger partial charge in [-0.1, -0.05) is 5.21 Å². The maximum Gasteiger partial charge on any atom is 0.435 e. The zero-order valence-electron chi connectivity index (χ0n) is 15.0. The van der Waals surface area contributed by atoms with Crippen LogP contribution in [0.3, 0.4) is 0 Å². The van der Waals surface area contributed by atoms with Crippen molar-refractivity contribution >= 4 is 11.6 Å². The minimum absolute atomic E-state index is 0.174. The van der Waals surface area contributed by atoms with Gasteiger partial charge in [0.15, 0.2) is 11.4 Å². The fourth-order valence-electron chi connectivity index (χ4n) is 2.66. The van der Waals surface area contributed by atoms with E-state index in [-0.39, 0.29) is 11.4 Å². The quantitative estimate of drug-likeness (QED) is 0.494. The Morgan fingerprint density at radius 1 is 0.968 bits per heavy atom. The van der Waals surface area contributed by atoms with Gasteiger partial charge in [0, 0.05) is 0 Å². The maximum absolute atomic E-state index is 14.2. The molecule has 0 spiro atoms. The van der Waals surface area contributed by atoms with Crippen molar-refractivity contribution in [1.29, 1.82) is 0 Å². The van der Waals surface area contributed by atoms with Crippen molar-refractivity contribution in [3.8, 4) is 11.4 Å². The van der Waals surface area contributed by atoms with Crippen LogP contribution in [0.5, 0.6) is 0 Å². The Labute approximate surface area is 169 Å². The zero-order chi connectivity index (χ0) is 22.2. The molecule has 0 aliphatic heterocycles. The van der Waals surface area contributed by atoms with Crippen LogP contribution >= 0.6 is 0 Å². The van der Waals surface area contributed by atoms with E-state index in [0.29, 0.717) is 4.68 Å². The summed E-state index contributed by atoms with van der Waals surface area (Å²) in [5.74, 6) is -2.94. The topological polar surface area (TPSA) is 103 Å². The van der Waals surface area contributed by atoms with Crippen molar-refractivity contribution in [3.05, 3.63) is 71.8 Å². The summed E-state index contributed by atoms with van der Waals surface area (Å²) in [7, 11) is 0. The number of halogens is 5. The highest BCUT2D eigenvalue weighted by atomic mass is 19.4. The van der Waals surface area contributed by atoms with Crippen LogP contribution in [0.15, 0.2) is 48.8 Å². The summed E-state index contributed by atoms with van der Waals surface area (Å²) in [5, 5.41) is 19.2. The van der Waals surface area contributed by atoms with Crippen molar-refractivity contribution in [3.63, 3.8) is 0 Å². The lowest BCUT2D eigenvalue weighted by Crippen LogP contribution is -2.21. The smallest absolute Gasteiger partial charge is 0.318 e. The zero-order valence-corrected chi connectivity index (χ0v) is 15.0. The average Bonchev–Trinajstić information content (AvgIpc) is 3.40. The van der Waals surface area contributed by atoms with Crippen LogP contribution in [0.25, 0.3) is 11.4 Å². The molecule has 0 fully saturated rings. The van der Waals surface area contributed by atoms with Gasteiger partial charge in [-0.2, -0.15) is 13.2 Å². The molecule has 1 N–H and O–H groups in total. The number of carbonyl (C=O) groups is 1. The Morgan fingerprint density at radius 2 is 1.68 bits per heavy atom. The number of anilines is 1. The summed E-state index contributed by atoms with van der Waals surface area (Å²) in [6.07, 6.45) is -3.84. The number of benzene rings is 2. The summed E-state index contributed by atoms with van der Waals surface area (Å²) in [6, 6.07) is 7.33. The number of nitrogens with one attached hydrogen (secondary N) is 1. The summed E-state index contributed by atoms with van der Waals surface area (Å²) in [6.45, 7) is 0. The monoisotopic (exact) mass is 436 g/mol. The van der Waals surface area contributed by atoms with Gasteiger partial charge < -0.3 is 5.32 Å². The molecule has 158 valence electrons. The van der Waals surface area contributed by atoms with Crippen molar-refractivity contribution < 1.29 is 26.7 Å². The lowest BCUT2D eigenvalue weighted by Gasteiger charge is -2.12. The number of nitrogens with zero attached hydrogens (tertiary/aromatic N) is 7. The maximum atomic E-state index is 14.2. The first-order valence-electron chi connectivity index (χ1n) is 8.37. The third kappa shape index (κ3) is 3.94. The number of aromatic nitrogens is 7. The van der Waals surface area contributed by atoms with Gasteiger partial charge in [0.25, 0.3) is 5.91 Å². The Kier molecular flexibility index (Phi) is 4.88. The van der Waals surface area contributed by atoms with Crippen LogP contribution in [-0.2, 0) is 6.18 Å². The van der Waals surface area contributed by atoms with E-state index in [1.165, 1.54) is 12.4 Å². The van der Waals surface area contributed by atoms with Crippen molar-refractivity contribution in [2.24, 2.45) is 0 Å². The highest BCUT2D eigenvalue weighted by Gasteiger charge is 2.42. The number of amides is 1. The van der Waals surface area contributed by atoms with E-state index in [0.717, 1.165) is 41.1 Å². The molecular weight excluding hydrogens is 427 g/mol. The van der Waals surface area contributed by atoms with Crippen molar-refractivity contribution in [2.45, 2.75) is 6.18 Å². The van der Waals surface area contributed by atoms with E-state index < -0.39 is 40.8 Å². The molecule has 9 nitrogen and oxygen atoms in total. The molecule has 0 radical (unpaired) electrons. The summed E-state index contributed by atoms with van der Waals surface area (Å²) in [4.78, 5) is 12.5. The molecular formula is C17H9F5N8O. The predicted octanol–water partition coefficient (Wildman–Crippen LogP) is 2.79. The second-order valence-corrected chi connectivity index (χ2v) is 6.05. The average molecular weight is 436 g/mol. The lowest BCUT2D eigenvalue weighted by atomic mass is 10.2. The number of rotatable bonds is 4. The van der Waals surface area contributed by atoms with E-state index in [2.05, 4.69) is 25.8 Å². The molecule has 0 bridgehead atoms. The molecule has 2 aromatic carbocycles. The SMILES string of the molecule is O=C(Nc1cc(-n2cnnn2)ccc1F)c1nnn(-c2ccc(F)cc2)c1C(F)(F)F. The predicted molar refractivity (Wildman–Crippen MR) is 93.4 cm³/mol.